The van der Waals surface area contributed by atoms with Crippen LogP contribution in [0.4, 0.5) is 4.39 Å². The van der Waals surface area contributed by atoms with Gasteiger partial charge in [-0.3, -0.25) is 4.79 Å². The van der Waals surface area contributed by atoms with Crippen LogP contribution in [0.25, 0.3) is 0 Å². The molecule has 0 heterocycles. The quantitative estimate of drug-likeness (QED) is 0.478. The lowest BCUT2D eigenvalue weighted by Crippen LogP contribution is -2.35. The molecule has 2 rings (SSSR count). The fraction of sp³-hybridized carbons (Fsp3) is 0.200. The molecule has 0 aliphatic heterocycles. The zero-order chi connectivity index (χ0) is 21.4. The Morgan fingerprint density at radius 3 is 2.55 bits per heavy atom. The highest BCUT2D eigenvalue weighted by atomic mass is 32.2. The third-order valence-corrected chi connectivity index (χ3v) is 5.25. The lowest BCUT2D eigenvalue weighted by Gasteiger charge is -2.14. The summed E-state index contributed by atoms with van der Waals surface area (Å²) >= 11 is 0. The molecule has 0 saturated heterocycles. The number of rotatable bonds is 9. The first-order valence-electron chi connectivity index (χ1n) is 8.66. The molecule has 0 aromatic heterocycles. The Hall–Kier alpha value is -3.04. The molecule has 0 fully saturated rings. The number of halogens is 1. The van der Waals surface area contributed by atoms with Gasteiger partial charge in [0.25, 0.3) is 5.91 Å². The van der Waals surface area contributed by atoms with Crippen molar-refractivity contribution in [2.45, 2.75) is 24.5 Å². The van der Waals surface area contributed by atoms with Crippen molar-refractivity contribution >= 4 is 21.9 Å². The van der Waals surface area contributed by atoms with Gasteiger partial charge in [0.2, 0.25) is 10.0 Å². The summed E-state index contributed by atoms with van der Waals surface area (Å²) in [6.07, 6.45) is 0.282. The van der Waals surface area contributed by atoms with Crippen LogP contribution in [0.3, 0.4) is 0 Å². The first kappa shape index (κ1) is 22.3. The minimum Gasteiger partial charge on any atom is -0.449 e. The monoisotopic (exact) mass is 420 g/mol. The highest BCUT2D eigenvalue weighted by Gasteiger charge is 2.21. The maximum Gasteiger partial charge on any atom is 0.338 e. The predicted octanol–water partition coefficient (Wildman–Crippen LogP) is 2.15. The number of esters is 1. The Morgan fingerprint density at radius 2 is 1.90 bits per heavy atom. The molecule has 2 aromatic rings. The molecule has 0 aliphatic rings. The maximum absolute atomic E-state index is 12.9. The number of carbonyl (C=O) groups excluding carboxylic acids is 2. The van der Waals surface area contributed by atoms with E-state index in [1.165, 1.54) is 55.5 Å². The summed E-state index contributed by atoms with van der Waals surface area (Å²) in [6, 6.07) is 10.9. The molecule has 0 spiro atoms. The van der Waals surface area contributed by atoms with Crippen molar-refractivity contribution in [3.8, 4) is 0 Å². The number of amides is 1. The molecule has 0 unspecified atom stereocenters. The van der Waals surface area contributed by atoms with Crippen LogP contribution < -0.4 is 10.0 Å². The normalized spacial score (nSPS) is 12.1. The van der Waals surface area contributed by atoms with E-state index in [0.29, 0.717) is 5.56 Å². The molecule has 0 radical (unpaired) electrons. The molecule has 1 amide bonds. The van der Waals surface area contributed by atoms with E-state index in [1.807, 2.05) is 0 Å². The molecular weight excluding hydrogens is 399 g/mol. The topological polar surface area (TPSA) is 102 Å². The van der Waals surface area contributed by atoms with Gasteiger partial charge in [0.15, 0.2) is 6.10 Å². The van der Waals surface area contributed by atoms with Gasteiger partial charge in [0.1, 0.15) is 5.82 Å². The number of hydrogen-bond acceptors (Lipinski definition) is 5. The predicted molar refractivity (Wildman–Crippen MR) is 105 cm³/mol. The van der Waals surface area contributed by atoms with Crippen molar-refractivity contribution in [1.29, 1.82) is 0 Å². The Balaban J connectivity index is 1.98. The molecule has 2 N–H and O–H groups in total. The van der Waals surface area contributed by atoms with E-state index >= 15 is 0 Å². The molecule has 0 bridgehead atoms. The van der Waals surface area contributed by atoms with E-state index in [1.54, 1.807) is 0 Å². The molecular formula is C20H21FN2O5S. The molecule has 1 atom stereocenters. The lowest BCUT2D eigenvalue weighted by atomic mass is 10.2. The van der Waals surface area contributed by atoms with Gasteiger partial charge in [0.05, 0.1) is 10.5 Å². The third kappa shape index (κ3) is 6.51. The highest BCUT2D eigenvalue weighted by molar-refractivity contribution is 7.89. The van der Waals surface area contributed by atoms with Crippen LogP contribution in [0.5, 0.6) is 0 Å². The summed E-state index contributed by atoms with van der Waals surface area (Å²) in [7, 11) is -3.80. The van der Waals surface area contributed by atoms with Crippen LogP contribution in [0.1, 0.15) is 22.8 Å². The van der Waals surface area contributed by atoms with Gasteiger partial charge in [-0.1, -0.05) is 24.3 Å². The van der Waals surface area contributed by atoms with E-state index in [9.17, 15) is 22.4 Å². The number of sulfonamides is 1. The molecule has 154 valence electrons. The second-order valence-electron chi connectivity index (χ2n) is 6.06. The minimum atomic E-state index is -3.80. The average molecular weight is 420 g/mol. The first-order chi connectivity index (χ1) is 13.7. The van der Waals surface area contributed by atoms with Crippen molar-refractivity contribution < 1.29 is 27.1 Å². The highest BCUT2D eigenvalue weighted by Crippen LogP contribution is 2.13. The van der Waals surface area contributed by atoms with E-state index in [0.717, 1.165) is 6.07 Å². The zero-order valence-electron chi connectivity index (χ0n) is 15.7. The summed E-state index contributed by atoms with van der Waals surface area (Å²) in [5.74, 6) is -1.76. The summed E-state index contributed by atoms with van der Waals surface area (Å²) in [6.45, 7) is 5.01. The SMILES string of the molecule is C=CCNS(=O)(=O)c1cccc(C(=O)O[C@@H](C)C(=O)NCc2ccc(F)cc2)c1. The Morgan fingerprint density at radius 1 is 1.21 bits per heavy atom. The van der Waals surface area contributed by atoms with Gasteiger partial charge in [-0.15, -0.1) is 6.58 Å². The molecule has 9 heteroatoms. The van der Waals surface area contributed by atoms with Crippen LogP contribution in [0, 0.1) is 5.82 Å². The summed E-state index contributed by atoms with van der Waals surface area (Å²) in [4.78, 5) is 24.3. The van der Waals surface area contributed by atoms with E-state index in [4.69, 9.17) is 4.74 Å². The number of carbonyl (C=O) groups is 2. The summed E-state index contributed by atoms with van der Waals surface area (Å²) in [5.41, 5.74) is 0.674. The van der Waals surface area contributed by atoms with Crippen molar-refractivity contribution in [3.63, 3.8) is 0 Å². The summed E-state index contributed by atoms with van der Waals surface area (Å²) in [5, 5.41) is 2.58. The second kappa shape index (κ2) is 9.94. The average Bonchev–Trinajstić information content (AvgIpc) is 2.71. The van der Waals surface area contributed by atoms with Crippen molar-refractivity contribution in [3.05, 3.63) is 78.1 Å². The third-order valence-electron chi connectivity index (χ3n) is 3.83. The van der Waals surface area contributed by atoms with Crippen LogP contribution in [-0.2, 0) is 26.1 Å². The fourth-order valence-corrected chi connectivity index (χ4v) is 3.30. The van der Waals surface area contributed by atoms with Gasteiger partial charge in [-0.05, 0) is 42.8 Å². The lowest BCUT2D eigenvalue weighted by molar-refractivity contribution is -0.129. The molecule has 29 heavy (non-hydrogen) atoms. The minimum absolute atomic E-state index is 0.00957. The van der Waals surface area contributed by atoms with Gasteiger partial charge in [-0.2, -0.15) is 0 Å². The van der Waals surface area contributed by atoms with Crippen LogP contribution in [-0.4, -0.2) is 32.9 Å². The van der Waals surface area contributed by atoms with Gasteiger partial charge < -0.3 is 10.1 Å². The van der Waals surface area contributed by atoms with Gasteiger partial charge >= 0.3 is 5.97 Å². The van der Waals surface area contributed by atoms with E-state index < -0.39 is 28.0 Å². The Kier molecular flexibility index (Phi) is 7.63. The van der Waals surface area contributed by atoms with Crippen molar-refractivity contribution in [2.75, 3.05) is 6.54 Å². The smallest absolute Gasteiger partial charge is 0.338 e. The van der Waals surface area contributed by atoms with Crippen molar-refractivity contribution in [2.24, 2.45) is 0 Å². The second-order valence-corrected chi connectivity index (χ2v) is 7.83. The number of hydrogen-bond donors (Lipinski definition) is 2. The summed E-state index contributed by atoms with van der Waals surface area (Å²) < 4.78 is 44.6. The maximum atomic E-state index is 12.9. The number of ether oxygens (including phenoxy) is 1. The van der Waals surface area contributed by atoms with Gasteiger partial charge in [-0.25, -0.2) is 22.3 Å². The van der Waals surface area contributed by atoms with E-state index in [-0.39, 0.29) is 29.4 Å². The largest absolute Gasteiger partial charge is 0.449 e. The molecule has 0 saturated carbocycles. The van der Waals surface area contributed by atoms with Crippen LogP contribution in [0.2, 0.25) is 0 Å². The standard InChI is InChI=1S/C20H21FN2O5S/c1-3-11-23-29(26,27)18-6-4-5-16(12-18)20(25)28-14(2)19(24)22-13-15-7-9-17(21)10-8-15/h3-10,12,14,23H,1,11,13H2,2H3,(H,22,24)/t14-/m0/s1. The number of benzene rings is 2. The first-order valence-corrected chi connectivity index (χ1v) is 10.1. The van der Waals surface area contributed by atoms with Gasteiger partial charge in [0, 0.05) is 13.1 Å². The zero-order valence-corrected chi connectivity index (χ0v) is 16.5. The van der Waals surface area contributed by atoms with Crippen LogP contribution >= 0.6 is 0 Å². The fourth-order valence-electron chi connectivity index (χ4n) is 2.26. The number of nitrogens with one attached hydrogen (secondary N) is 2. The van der Waals surface area contributed by atoms with Crippen molar-refractivity contribution in [1.82, 2.24) is 10.0 Å². The Labute approximate surface area is 168 Å². The Bertz CT molecular complexity index is 990. The molecule has 7 nitrogen and oxygen atoms in total. The molecule has 0 aliphatic carbocycles. The molecule has 2 aromatic carbocycles. The van der Waals surface area contributed by atoms with Crippen LogP contribution in [0.15, 0.2) is 66.1 Å². The van der Waals surface area contributed by atoms with E-state index in [2.05, 4.69) is 16.6 Å².